The van der Waals surface area contributed by atoms with Crippen LogP contribution in [-0.4, -0.2) is 34.0 Å². The Bertz CT molecular complexity index is 347. The highest BCUT2D eigenvalue weighted by Crippen LogP contribution is 2.14. The van der Waals surface area contributed by atoms with Crippen molar-refractivity contribution in [3.05, 3.63) is 11.1 Å². The largest absolute Gasteiger partial charge is 0.476 e. The van der Waals surface area contributed by atoms with Gasteiger partial charge in [0.05, 0.1) is 0 Å². The SMILES string of the molecule is CNc1nc(/C(=N\O)C(=O)O)cs1. The number of anilines is 1. The first kappa shape index (κ1) is 9.46. The van der Waals surface area contributed by atoms with E-state index in [1.165, 1.54) is 16.7 Å². The van der Waals surface area contributed by atoms with Gasteiger partial charge in [-0.15, -0.1) is 11.3 Å². The molecule has 6 nitrogen and oxygen atoms in total. The van der Waals surface area contributed by atoms with Gasteiger partial charge >= 0.3 is 5.97 Å². The minimum absolute atomic E-state index is 0.143. The number of carboxylic acid groups (broad SMARTS) is 1. The lowest BCUT2D eigenvalue weighted by Crippen LogP contribution is -2.14. The molecule has 0 radical (unpaired) electrons. The summed E-state index contributed by atoms with van der Waals surface area (Å²) >= 11 is 1.23. The molecule has 0 unspecified atom stereocenters. The number of nitrogens with zero attached hydrogens (tertiary/aromatic N) is 2. The van der Waals surface area contributed by atoms with Gasteiger partial charge in [-0.1, -0.05) is 5.16 Å². The topological polar surface area (TPSA) is 94.8 Å². The summed E-state index contributed by atoms with van der Waals surface area (Å²) in [5.41, 5.74) is -0.317. The van der Waals surface area contributed by atoms with E-state index in [4.69, 9.17) is 10.3 Å². The molecular formula is C6H7N3O3S. The lowest BCUT2D eigenvalue weighted by Gasteiger charge is -1.92. The number of carbonyl (C=O) groups is 1. The van der Waals surface area contributed by atoms with Crippen molar-refractivity contribution in [1.29, 1.82) is 0 Å². The first-order valence-corrected chi connectivity index (χ1v) is 4.16. The van der Waals surface area contributed by atoms with Gasteiger partial charge < -0.3 is 15.6 Å². The zero-order valence-electron chi connectivity index (χ0n) is 6.68. The fourth-order valence-electron chi connectivity index (χ4n) is 0.701. The van der Waals surface area contributed by atoms with E-state index in [2.05, 4.69) is 15.5 Å². The van der Waals surface area contributed by atoms with Crippen molar-refractivity contribution in [2.45, 2.75) is 0 Å². The van der Waals surface area contributed by atoms with Crippen molar-refractivity contribution in [1.82, 2.24) is 4.98 Å². The lowest BCUT2D eigenvalue weighted by atomic mass is 10.3. The van der Waals surface area contributed by atoms with Gasteiger partial charge in [0.15, 0.2) is 5.13 Å². The molecule has 0 saturated carbocycles. The number of rotatable bonds is 3. The third kappa shape index (κ3) is 1.94. The number of carboxylic acids is 1. The highest BCUT2D eigenvalue weighted by molar-refractivity contribution is 7.14. The maximum Gasteiger partial charge on any atom is 0.360 e. The van der Waals surface area contributed by atoms with Gasteiger partial charge in [-0.3, -0.25) is 0 Å². The van der Waals surface area contributed by atoms with Crippen LogP contribution in [0, 0.1) is 0 Å². The average molecular weight is 201 g/mol. The van der Waals surface area contributed by atoms with E-state index in [0.29, 0.717) is 5.13 Å². The van der Waals surface area contributed by atoms with Crippen LogP contribution in [-0.2, 0) is 4.79 Å². The van der Waals surface area contributed by atoms with Gasteiger partial charge in [0.2, 0.25) is 5.71 Å². The molecule has 0 bridgehead atoms. The van der Waals surface area contributed by atoms with Gasteiger partial charge in [-0.2, -0.15) is 0 Å². The molecule has 0 aliphatic carbocycles. The van der Waals surface area contributed by atoms with Gasteiger partial charge in [0, 0.05) is 12.4 Å². The highest BCUT2D eigenvalue weighted by atomic mass is 32.1. The van der Waals surface area contributed by atoms with E-state index in [9.17, 15) is 4.79 Å². The number of hydrogen-bond donors (Lipinski definition) is 3. The Kier molecular flexibility index (Phi) is 2.80. The van der Waals surface area contributed by atoms with E-state index >= 15 is 0 Å². The molecule has 0 saturated heterocycles. The van der Waals surface area contributed by atoms with E-state index < -0.39 is 11.7 Å². The van der Waals surface area contributed by atoms with Crippen molar-refractivity contribution in [3.8, 4) is 0 Å². The van der Waals surface area contributed by atoms with Crippen molar-refractivity contribution < 1.29 is 15.1 Å². The normalized spacial score (nSPS) is 11.3. The predicted octanol–water partition coefficient (Wildman–Crippen LogP) is 0.448. The fourth-order valence-corrected chi connectivity index (χ4v) is 1.36. The number of thiazole rings is 1. The van der Waals surface area contributed by atoms with Crippen LogP contribution in [0.1, 0.15) is 5.69 Å². The molecule has 0 aromatic carbocycles. The molecule has 13 heavy (non-hydrogen) atoms. The number of nitrogens with one attached hydrogen (secondary N) is 1. The second kappa shape index (κ2) is 3.85. The maximum absolute atomic E-state index is 10.5. The van der Waals surface area contributed by atoms with Crippen LogP contribution in [0.5, 0.6) is 0 Å². The van der Waals surface area contributed by atoms with Gasteiger partial charge in [-0.25, -0.2) is 9.78 Å². The zero-order chi connectivity index (χ0) is 9.84. The molecule has 0 fully saturated rings. The first-order valence-electron chi connectivity index (χ1n) is 3.28. The van der Waals surface area contributed by atoms with Crippen LogP contribution in [0.2, 0.25) is 0 Å². The van der Waals surface area contributed by atoms with Crippen LogP contribution >= 0.6 is 11.3 Å². The van der Waals surface area contributed by atoms with E-state index in [1.54, 1.807) is 7.05 Å². The summed E-state index contributed by atoms with van der Waals surface area (Å²) in [6.45, 7) is 0. The minimum Gasteiger partial charge on any atom is -0.476 e. The Balaban J connectivity index is 3.00. The molecule has 70 valence electrons. The molecule has 0 aliphatic heterocycles. The Morgan fingerprint density at radius 2 is 2.46 bits per heavy atom. The molecule has 0 aliphatic rings. The Morgan fingerprint density at radius 1 is 1.77 bits per heavy atom. The summed E-state index contributed by atoms with van der Waals surface area (Å²) in [5.74, 6) is -1.31. The number of aliphatic carboxylic acids is 1. The summed E-state index contributed by atoms with van der Waals surface area (Å²) in [5, 5.41) is 24.4. The summed E-state index contributed by atoms with van der Waals surface area (Å²) in [6.07, 6.45) is 0. The smallest absolute Gasteiger partial charge is 0.360 e. The molecule has 1 aromatic rings. The molecular weight excluding hydrogens is 194 g/mol. The molecule has 1 aromatic heterocycles. The quantitative estimate of drug-likeness (QED) is 0.375. The summed E-state index contributed by atoms with van der Waals surface area (Å²) in [4.78, 5) is 14.3. The molecule has 1 rings (SSSR count). The first-order chi connectivity index (χ1) is 6.19. The van der Waals surface area contributed by atoms with Crippen LogP contribution < -0.4 is 5.32 Å². The number of oxime groups is 1. The number of aromatic nitrogens is 1. The van der Waals surface area contributed by atoms with Crippen molar-refractivity contribution >= 4 is 28.1 Å². The van der Waals surface area contributed by atoms with Gasteiger partial charge in [-0.05, 0) is 0 Å². The maximum atomic E-state index is 10.5. The molecule has 0 atom stereocenters. The Hall–Kier alpha value is -1.63. The van der Waals surface area contributed by atoms with E-state index in [1.807, 2.05) is 0 Å². The zero-order valence-corrected chi connectivity index (χ0v) is 7.50. The highest BCUT2D eigenvalue weighted by Gasteiger charge is 2.16. The van der Waals surface area contributed by atoms with Crippen LogP contribution in [0.4, 0.5) is 5.13 Å². The second-order valence-corrected chi connectivity index (χ2v) is 2.90. The summed E-state index contributed by atoms with van der Waals surface area (Å²) in [7, 11) is 1.67. The van der Waals surface area contributed by atoms with Crippen LogP contribution in [0.3, 0.4) is 0 Å². The standard InChI is InChI=1S/C6H7N3O3S/c1-7-6-8-3(2-13-6)4(9-12)5(10)11/h2,12H,1H3,(H,7,8)(H,10,11)/b9-4+. The summed E-state index contributed by atoms with van der Waals surface area (Å²) < 4.78 is 0. The second-order valence-electron chi connectivity index (χ2n) is 2.04. The predicted molar refractivity (Wildman–Crippen MR) is 47.6 cm³/mol. The third-order valence-electron chi connectivity index (χ3n) is 1.26. The average Bonchev–Trinajstić information content (AvgIpc) is 2.53. The van der Waals surface area contributed by atoms with Gasteiger partial charge in [0.1, 0.15) is 5.69 Å². The molecule has 0 amide bonds. The van der Waals surface area contributed by atoms with Crippen LogP contribution in [0.25, 0.3) is 0 Å². The van der Waals surface area contributed by atoms with E-state index in [-0.39, 0.29) is 5.69 Å². The van der Waals surface area contributed by atoms with E-state index in [0.717, 1.165) is 0 Å². The lowest BCUT2D eigenvalue weighted by molar-refractivity contribution is -0.129. The number of hydrogen-bond acceptors (Lipinski definition) is 6. The molecule has 7 heteroatoms. The molecule has 0 spiro atoms. The van der Waals surface area contributed by atoms with Crippen molar-refractivity contribution in [2.75, 3.05) is 12.4 Å². The van der Waals surface area contributed by atoms with Crippen molar-refractivity contribution in [3.63, 3.8) is 0 Å². The monoisotopic (exact) mass is 201 g/mol. The Morgan fingerprint density at radius 3 is 2.85 bits per heavy atom. The molecule has 3 N–H and O–H groups in total. The summed E-state index contributed by atoms with van der Waals surface area (Å²) in [6, 6.07) is 0. The minimum atomic E-state index is -1.31. The fraction of sp³-hybridized carbons (Fsp3) is 0.167. The van der Waals surface area contributed by atoms with Crippen LogP contribution in [0.15, 0.2) is 10.5 Å². The molecule has 1 heterocycles. The Labute approximate surface area is 77.5 Å². The van der Waals surface area contributed by atoms with Crippen molar-refractivity contribution in [2.24, 2.45) is 5.16 Å². The third-order valence-corrected chi connectivity index (χ3v) is 2.12. The van der Waals surface area contributed by atoms with Gasteiger partial charge in [0.25, 0.3) is 0 Å².